The first-order valence-corrected chi connectivity index (χ1v) is 5.59. The Labute approximate surface area is 82.1 Å². The van der Waals surface area contributed by atoms with E-state index in [-0.39, 0.29) is 12.4 Å². The van der Waals surface area contributed by atoms with Crippen molar-refractivity contribution in [1.29, 1.82) is 0 Å². The van der Waals surface area contributed by atoms with Gasteiger partial charge in [-0.25, -0.2) is 8.42 Å². The number of methoxy groups -OCH3 is 1. The lowest BCUT2D eigenvalue weighted by atomic mass is 9.88. The molecule has 0 aromatic rings. The summed E-state index contributed by atoms with van der Waals surface area (Å²) in [6, 6.07) is 0. The number of rotatable bonds is 0. The Morgan fingerprint density at radius 3 is 2.64 bits per heavy atom. The number of hydrogen-bond donors (Lipinski definition) is 0. The van der Waals surface area contributed by atoms with Crippen LogP contribution in [0.15, 0.2) is 14.6 Å². The molecule has 0 saturated carbocycles. The molecule has 0 radical (unpaired) electrons. The van der Waals surface area contributed by atoms with Crippen molar-refractivity contribution in [1.82, 2.24) is 0 Å². The molecule has 78 valence electrons. The van der Waals surface area contributed by atoms with Gasteiger partial charge in [0.1, 0.15) is 4.75 Å². The van der Waals surface area contributed by atoms with Crippen LogP contribution < -0.4 is 0 Å². The smallest absolute Gasteiger partial charge is 0.266 e. The lowest BCUT2D eigenvalue weighted by Crippen LogP contribution is -2.52. The van der Waals surface area contributed by atoms with Crippen molar-refractivity contribution >= 4 is 15.9 Å². The van der Waals surface area contributed by atoms with E-state index in [1.54, 1.807) is 13.8 Å². The van der Waals surface area contributed by atoms with E-state index in [0.717, 1.165) is 0 Å². The third kappa shape index (κ3) is 0.765. The minimum absolute atomic E-state index is 0.126. The first-order chi connectivity index (χ1) is 6.37. The van der Waals surface area contributed by atoms with Gasteiger partial charge < -0.3 is 4.74 Å². The van der Waals surface area contributed by atoms with Crippen LogP contribution in [0.5, 0.6) is 0 Å². The summed E-state index contributed by atoms with van der Waals surface area (Å²) in [4.78, 5) is 0. The highest BCUT2D eigenvalue weighted by Gasteiger charge is 2.66. The molecule has 0 fully saturated rings. The van der Waals surface area contributed by atoms with Gasteiger partial charge in [0, 0.05) is 0 Å². The molecule has 2 unspecified atom stereocenters. The predicted molar refractivity (Wildman–Crippen MR) is 49.9 cm³/mol. The Balaban J connectivity index is 2.68. The number of hydrogen-bond acceptors (Lipinski definition) is 5. The third-order valence-electron chi connectivity index (χ3n) is 3.06. The molecule has 7 heteroatoms. The van der Waals surface area contributed by atoms with Crippen molar-refractivity contribution in [2.24, 2.45) is 14.6 Å². The lowest BCUT2D eigenvalue weighted by Gasteiger charge is -2.27. The van der Waals surface area contributed by atoms with Gasteiger partial charge in [-0.15, -0.1) is 4.40 Å². The predicted octanol–water partition coefficient (Wildman–Crippen LogP) is 0.358. The van der Waals surface area contributed by atoms with Crippen LogP contribution in [0.25, 0.3) is 0 Å². The van der Waals surface area contributed by atoms with Gasteiger partial charge in [0.15, 0.2) is 5.54 Å². The SMILES string of the molecule is COC1=NS(=O)(=O)C2(C)CN=NC12C. The number of azo groups is 1. The van der Waals surface area contributed by atoms with Gasteiger partial charge in [0.25, 0.3) is 10.0 Å². The zero-order valence-electron chi connectivity index (χ0n) is 8.18. The average molecular weight is 217 g/mol. The summed E-state index contributed by atoms with van der Waals surface area (Å²) in [5.41, 5.74) is -0.958. The van der Waals surface area contributed by atoms with Crippen molar-refractivity contribution < 1.29 is 13.2 Å². The van der Waals surface area contributed by atoms with Gasteiger partial charge >= 0.3 is 0 Å². The van der Waals surface area contributed by atoms with E-state index in [4.69, 9.17) is 4.74 Å². The molecule has 0 aliphatic carbocycles. The van der Waals surface area contributed by atoms with E-state index in [9.17, 15) is 8.42 Å². The van der Waals surface area contributed by atoms with Gasteiger partial charge in [-0.2, -0.15) is 10.2 Å². The summed E-state index contributed by atoms with van der Waals surface area (Å²) in [6.45, 7) is 3.41. The molecule has 0 spiro atoms. The second-order valence-electron chi connectivity index (χ2n) is 3.78. The van der Waals surface area contributed by atoms with E-state index in [0.29, 0.717) is 0 Å². The fourth-order valence-electron chi connectivity index (χ4n) is 1.71. The highest BCUT2D eigenvalue weighted by Crippen LogP contribution is 2.45. The number of nitrogens with zero attached hydrogens (tertiary/aromatic N) is 3. The largest absolute Gasteiger partial charge is 0.482 e. The van der Waals surface area contributed by atoms with Gasteiger partial charge in [-0.05, 0) is 13.8 Å². The maximum absolute atomic E-state index is 11.8. The molecule has 2 aliphatic rings. The molecule has 14 heavy (non-hydrogen) atoms. The molecule has 0 amide bonds. The first kappa shape index (κ1) is 9.57. The van der Waals surface area contributed by atoms with Crippen molar-refractivity contribution in [2.75, 3.05) is 13.7 Å². The first-order valence-electron chi connectivity index (χ1n) is 4.15. The molecule has 0 bridgehead atoms. The second-order valence-corrected chi connectivity index (χ2v) is 5.81. The molecule has 2 aliphatic heterocycles. The number of ether oxygens (including phenoxy) is 1. The van der Waals surface area contributed by atoms with Gasteiger partial charge in [-0.1, -0.05) is 0 Å². The van der Waals surface area contributed by atoms with Crippen LogP contribution in [0.4, 0.5) is 0 Å². The Hall–Kier alpha value is -0.980. The van der Waals surface area contributed by atoms with Gasteiger partial charge in [0.05, 0.1) is 13.7 Å². The van der Waals surface area contributed by atoms with Gasteiger partial charge in [-0.3, -0.25) is 0 Å². The quantitative estimate of drug-likeness (QED) is 0.587. The maximum Gasteiger partial charge on any atom is 0.266 e. The van der Waals surface area contributed by atoms with E-state index in [2.05, 4.69) is 14.6 Å². The zero-order valence-corrected chi connectivity index (χ0v) is 9.00. The molecular weight excluding hydrogens is 206 g/mol. The van der Waals surface area contributed by atoms with Crippen LogP contribution >= 0.6 is 0 Å². The van der Waals surface area contributed by atoms with E-state index in [1.165, 1.54) is 7.11 Å². The molecule has 0 aromatic carbocycles. The maximum atomic E-state index is 11.8. The Morgan fingerprint density at radius 1 is 1.43 bits per heavy atom. The van der Waals surface area contributed by atoms with Crippen LogP contribution in [0.2, 0.25) is 0 Å². The summed E-state index contributed by atoms with van der Waals surface area (Å²) < 4.78 is 31.0. The Kier molecular flexibility index (Phi) is 1.59. The topological polar surface area (TPSA) is 80.5 Å². The average Bonchev–Trinajstić information content (AvgIpc) is 2.47. The third-order valence-corrected chi connectivity index (χ3v) is 5.13. The number of fused-ring (bicyclic) bond motifs is 1. The molecule has 2 rings (SSSR count). The van der Waals surface area contributed by atoms with Crippen LogP contribution in [0.1, 0.15) is 13.8 Å². The van der Waals surface area contributed by atoms with Crippen molar-refractivity contribution in [3.63, 3.8) is 0 Å². The zero-order chi connectivity index (χ0) is 10.6. The van der Waals surface area contributed by atoms with Crippen LogP contribution in [0, 0.1) is 0 Å². The van der Waals surface area contributed by atoms with Crippen molar-refractivity contribution in [3.05, 3.63) is 0 Å². The van der Waals surface area contributed by atoms with E-state index >= 15 is 0 Å². The van der Waals surface area contributed by atoms with E-state index in [1.807, 2.05) is 0 Å². The van der Waals surface area contributed by atoms with Crippen LogP contribution in [-0.2, 0) is 14.8 Å². The lowest BCUT2D eigenvalue weighted by molar-refractivity contribution is 0.344. The van der Waals surface area contributed by atoms with Crippen LogP contribution in [-0.4, -0.2) is 38.3 Å². The highest BCUT2D eigenvalue weighted by molar-refractivity contribution is 7.92. The Bertz CT molecular complexity index is 441. The molecular formula is C7H11N3O3S. The van der Waals surface area contributed by atoms with Crippen molar-refractivity contribution in [2.45, 2.75) is 24.1 Å². The van der Waals surface area contributed by atoms with Gasteiger partial charge in [0.2, 0.25) is 5.90 Å². The summed E-state index contributed by atoms with van der Waals surface area (Å²) >= 11 is 0. The second kappa shape index (κ2) is 2.33. The minimum Gasteiger partial charge on any atom is -0.482 e. The Morgan fingerprint density at radius 2 is 2.07 bits per heavy atom. The van der Waals surface area contributed by atoms with Crippen LogP contribution in [0.3, 0.4) is 0 Å². The van der Waals surface area contributed by atoms with E-state index < -0.39 is 20.3 Å². The molecule has 0 aromatic heterocycles. The molecule has 6 nitrogen and oxygen atoms in total. The molecule has 2 atom stereocenters. The summed E-state index contributed by atoms with van der Waals surface area (Å²) in [5.74, 6) is 0.126. The summed E-state index contributed by atoms with van der Waals surface area (Å²) in [5, 5.41) is 7.73. The number of sulfonamides is 1. The molecule has 0 saturated heterocycles. The molecule has 2 heterocycles. The summed E-state index contributed by atoms with van der Waals surface area (Å²) in [6.07, 6.45) is 0. The summed E-state index contributed by atoms with van der Waals surface area (Å²) in [7, 11) is -2.18. The normalized spacial score (nSPS) is 43.5. The minimum atomic E-state index is -3.57. The monoisotopic (exact) mass is 217 g/mol. The van der Waals surface area contributed by atoms with Crippen molar-refractivity contribution in [3.8, 4) is 0 Å². The highest BCUT2D eigenvalue weighted by atomic mass is 32.2. The standard InChI is InChI=1S/C7H11N3O3S/c1-6-4-8-10-7(6,2)5(13-3)9-14(6,11)12/h4H2,1-3H3. The fraction of sp³-hybridized carbons (Fsp3) is 0.857. The fourth-order valence-corrected chi connectivity index (χ4v) is 3.23. The molecule has 0 N–H and O–H groups in total.